The number of carbonyl (C=O) groups is 1. The molecule has 0 aliphatic carbocycles. The molecule has 0 radical (unpaired) electrons. The minimum atomic E-state index is -1.26. The zero-order valence-corrected chi connectivity index (χ0v) is 52.5. The first-order chi connectivity index (χ1) is 38.0. The number of allylic oxidation sites excluding steroid dienone is 2. The second-order valence-electron chi connectivity index (χ2n) is 24.9. The number of amides is 1. The number of aliphatic hydroxyl groups excluding tert-OH is 4. The Bertz CT molecular complexity index is 1130. The van der Waals surface area contributed by atoms with E-state index in [0.29, 0.717) is 12.8 Å². The number of hydrogen-bond donors (Lipinski definition) is 5. The molecule has 5 N–H and O–H groups in total. The van der Waals surface area contributed by atoms with E-state index < -0.39 is 36.9 Å². The van der Waals surface area contributed by atoms with Crippen molar-refractivity contribution in [2.45, 2.75) is 430 Å². The van der Waals surface area contributed by atoms with Crippen LogP contribution in [0.5, 0.6) is 0 Å². The lowest BCUT2D eigenvalue weighted by atomic mass is 9.99. The van der Waals surface area contributed by atoms with Crippen LogP contribution in [0, 0.1) is 0 Å². The van der Waals surface area contributed by atoms with Crippen molar-refractivity contribution in [2.24, 2.45) is 0 Å². The fourth-order valence-corrected chi connectivity index (χ4v) is 11.7. The van der Waals surface area contributed by atoms with E-state index >= 15 is 0 Å². The molecule has 6 heteroatoms. The van der Waals surface area contributed by atoms with Crippen molar-refractivity contribution in [3.05, 3.63) is 12.2 Å². The first-order valence-corrected chi connectivity index (χ1v) is 35.6. The number of hydrogen-bond acceptors (Lipinski definition) is 5. The standard InChI is InChI=1S/C71H141NO5/c1-3-5-7-9-11-13-15-17-19-21-23-25-27-29-30-31-32-33-34-35-36-37-38-39-41-43-45-47-49-51-53-55-57-59-61-63-65-69(75)71(77)72-67(66-73)70(76)68(74)64-62-60-58-56-54-52-50-48-46-44-42-40-28-26-24-22-20-18-16-14-12-10-8-6-4-2/h33-34,67-70,73-76H,3-32,35-66H2,1-2H3,(H,72,77)/b34-33-. The van der Waals surface area contributed by atoms with E-state index in [1.165, 1.54) is 340 Å². The second-order valence-corrected chi connectivity index (χ2v) is 24.9. The van der Waals surface area contributed by atoms with Gasteiger partial charge in [0.25, 0.3) is 0 Å². The monoisotopic (exact) mass is 1090 g/mol. The van der Waals surface area contributed by atoms with Gasteiger partial charge in [-0.05, 0) is 38.5 Å². The number of carbonyl (C=O) groups excluding carboxylic acids is 1. The lowest BCUT2D eigenvalue weighted by molar-refractivity contribution is -0.132. The van der Waals surface area contributed by atoms with Gasteiger partial charge in [0, 0.05) is 0 Å². The molecule has 0 aliphatic rings. The van der Waals surface area contributed by atoms with E-state index in [9.17, 15) is 25.2 Å². The molecule has 0 aromatic rings. The maximum atomic E-state index is 12.7. The van der Waals surface area contributed by atoms with Gasteiger partial charge in [-0.15, -0.1) is 0 Å². The van der Waals surface area contributed by atoms with Crippen molar-refractivity contribution in [3.63, 3.8) is 0 Å². The largest absolute Gasteiger partial charge is 0.394 e. The average molecular weight is 1090 g/mol. The molecule has 6 nitrogen and oxygen atoms in total. The summed E-state index contributed by atoms with van der Waals surface area (Å²) in [6, 6.07) is -0.984. The molecule has 0 saturated carbocycles. The van der Waals surface area contributed by atoms with Crippen LogP contribution in [-0.2, 0) is 4.79 Å². The Labute approximate surface area is 482 Å². The summed E-state index contributed by atoms with van der Waals surface area (Å²) in [4.78, 5) is 12.7. The summed E-state index contributed by atoms with van der Waals surface area (Å²) < 4.78 is 0. The number of rotatable bonds is 67. The highest BCUT2D eigenvalue weighted by Gasteiger charge is 2.28. The first-order valence-electron chi connectivity index (χ1n) is 35.6. The van der Waals surface area contributed by atoms with Crippen molar-refractivity contribution in [1.29, 1.82) is 0 Å². The van der Waals surface area contributed by atoms with Crippen LogP contribution in [0.1, 0.15) is 406 Å². The van der Waals surface area contributed by atoms with E-state index in [0.717, 1.165) is 38.5 Å². The molecule has 0 aromatic heterocycles. The van der Waals surface area contributed by atoms with Crippen LogP contribution in [-0.4, -0.2) is 57.3 Å². The molecule has 0 spiro atoms. The summed E-state index contributed by atoms with van der Waals surface area (Å²) in [5, 5.41) is 44.3. The van der Waals surface area contributed by atoms with Crippen molar-refractivity contribution in [2.75, 3.05) is 6.61 Å². The molecule has 460 valence electrons. The molecule has 0 bridgehead atoms. The normalized spacial score (nSPS) is 13.5. The number of aliphatic hydroxyl groups is 4. The van der Waals surface area contributed by atoms with Gasteiger partial charge in [0.05, 0.1) is 18.8 Å². The van der Waals surface area contributed by atoms with Gasteiger partial charge < -0.3 is 25.7 Å². The highest BCUT2D eigenvalue weighted by molar-refractivity contribution is 5.80. The lowest BCUT2D eigenvalue weighted by Gasteiger charge is -2.27. The molecule has 77 heavy (non-hydrogen) atoms. The van der Waals surface area contributed by atoms with E-state index in [1.54, 1.807) is 0 Å². The van der Waals surface area contributed by atoms with Crippen molar-refractivity contribution in [1.82, 2.24) is 5.32 Å². The van der Waals surface area contributed by atoms with Crippen LogP contribution < -0.4 is 5.32 Å². The molecule has 0 aromatic carbocycles. The van der Waals surface area contributed by atoms with Crippen molar-refractivity contribution in [3.8, 4) is 0 Å². The summed E-state index contributed by atoms with van der Waals surface area (Å²) in [5.41, 5.74) is 0. The Balaban J connectivity index is 3.51. The lowest BCUT2D eigenvalue weighted by Crippen LogP contribution is -2.53. The Kier molecular flexibility index (Phi) is 65.0. The summed E-state index contributed by atoms with van der Waals surface area (Å²) in [6.07, 6.45) is 82.0. The van der Waals surface area contributed by atoms with Crippen LogP contribution in [0.15, 0.2) is 12.2 Å². The second kappa shape index (κ2) is 65.9. The highest BCUT2D eigenvalue weighted by Crippen LogP contribution is 2.20. The molecule has 0 rings (SSSR count). The van der Waals surface area contributed by atoms with Gasteiger partial charge in [-0.25, -0.2) is 0 Å². The topological polar surface area (TPSA) is 110 Å². The Morgan fingerprint density at radius 2 is 0.519 bits per heavy atom. The van der Waals surface area contributed by atoms with Gasteiger partial charge >= 0.3 is 0 Å². The fourth-order valence-electron chi connectivity index (χ4n) is 11.7. The van der Waals surface area contributed by atoms with E-state index in [4.69, 9.17) is 0 Å². The molecule has 4 unspecified atom stereocenters. The van der Waals surface area contributed by atoms with Gasteiger partial charge in [0.2, 0.25) is 5.91 Å². The average Bonchev–Trinajstić information content (AvgIpc) is 3.43. The molecule has 0 saturated heterocycles. The number of unbranched alkanes of at least 4 members (excludes halogenated alkanes) is 56. The van der Waals surface area contributed by atoms with Gasteiger partial charge in [0.1, 0.15) is 12.2 Å². The zero-order chi connectivity index (χ0) is 55.8. The maximum Gasteiger partial charge on any atom is 0.249 e. The first kappa shape index (κ1) is 76.0. The zero-order valence-electron chi connectivity index (χ0n) is 52.5. The molecular formula is C71H141NO5. The third kappa shape index (κ3) is 59.5. The summed E-state index contributed by atoms with van der Waals surface area (Å²) in [7, 11) is 0. The molecule has 1 amide bonds. The van der Waals surface area contributed by atoms with Crippen LogP contribution >= 0.6 is 0 Å². The van der Waals surface area contributed by atoms with E-state index in [1.807, 2.05) is 0 Å². The van der Waals surface area contributed by atoms with Crippen molar-refractivity contribution >= 4 is 5.91 Å². The molecule has 4 atom stereocenters. The third-order valence-electron chi connectivity index (χ3n) is 17.2. The van der Waals surface area contributed by atoms with Crippen LogP contribution in [0.2, 0.25) is 0 Å². The van der Waals surface area contributed by atoms with E-state index in [2.05, 4.69) is 31.3 Å². The third-order valence-corrected chi connectivity index (χ3v) is 17.2. The maximum absolute atomic E-state index is 12.7. The quantitative estimate of drug-likeness (QED) is 0.0308. The Hall–Kier alpha value is -0.950. The van der Waals surface area contributed by atoms with Crippen LogP contribution in [0.4, 0.5) is 0 Å². The molecular weight excluding hydrogens is 947 g/mol. The smallest absolute Gasteiger partial charge is 0.249 e. The highest BCUT2D eigenvalue weighted by atomic mass is 16.3. The summed E-state index contributed by atoms with van der Waals surface area (Å²) >= 11 is 0. The number of nitrogens with one attached hydrogen (secondary N) is 1. The minimum absolute atomic E-state index is 0.374. The predicted octanol–water partition coefficient (Wildman–Crippen LogP) is 21.9. The SMILES string of the molecule is CCCCCCCCCCCCCCCCCC/C=C\CCCCCCCCCCCCCCCCCCC(O)C(=O)NC(CO)C(O)C(O)CCCCCCCCCCCCCCCCCCCCCCCCCCC. The minimum Gasteiger partial charge on any atom is -0.394 e. The van der Waals surface area contributed by atoms with Crippen LogP contribution in [0.3, 0.4) is 0 Å². The predicted molar refractivity (Wildman–Crippen MR) is 339 cm³/mol. The summed E-state index contributed by atoms with van der Waals surface area (Å²) in [5.74, 6) is -0.575. The Morgan fingerprint density at radius 1 is 0.312 bits per heavy atom. The van der Waals surface area contributed by atoms with Gasteiger partial charge in [-0.1, -0.05) is 379 Å². The van der Waals surface area contributed by atoms with Gasteiger partial charge in [-0.2, -0.15) is 0 Å². The van der Waals surface area contributed by atoms with Crippen LogP contribution in [0.25, 0.3) is 0 Å². The molecule has 0 heterocycles. The molecule has 0 aliphatic heterocycles. The van der Waals surface area contributed by atoms with Gasteiger partial charge in [-0.3, -0.25) is 4.79 Å². The van der Waals surface area contributed by atoms with Crippen molar-refractivity contribution < 1.29 is 25.2 Å². The Morgan fingerprint density at radius 3 is 0.753 bits per heavy atom. The molecule has 0 fully saturated rings. The van der Waals surface area contributed by atoms with E-state index in [-0.39, 0.29) is 0 Å². The van der Waals surface area contributed by atoms with Gasteiger partial charge in [0.15, 0.2) is 0 Å². The summed E-state index contributed by atoms with van der Waals surface area (Å²) in [6.45, 7) is 4.12. The fraction of sp³-hybridized carbons (Fsp3) is 0.958.